The van der Waals surface area contributed by atoms with Gasteiger partial charge in [-0.15, -0.1) is 0 Å². The lowest BCUT2D eigenvalue weighted by atomic mass is 9.71. The fourth-order valence-electron chi connectivity index (χ4n) is 4.51. The molecule has 0 N–H and O–H groups in total. The number of hydrogen-bond acceptors (Lipinski definition) is 4. The van der Waals surface area contributed by atoms with Crippen LogP contribution in [0.15, 0.2) is 0 Å². The van der Waals surface area contributed by atoms with Crippen LogP contribution in [-0.2, 0) is 19.0 Å². The van der Waals surface area contributed by atoms with E-state index in [0.717, 1.165) is 32.1 Å². The van der Waals surface area contributed by atoms with Crippen molar-refractivity contribution in [3.63, 3.8) is 0 Å². The summed E-state index contributed by atoms with van der Waals surface area (Å²) >= 11 is 0. The second-order valence-corrected chi connectivity index (χ2v) is 9.44. The van der Waals surface area contributed by atoms with E-state index < -0.39 is 5.41 Å². The minimum absolute atomic E-state index is 0.0310. The first kappa shape index (κ1) is 14.9. The molecular weight excluding hydrogens is 280 g/mol. The van der Waals surface area contributed by atoms with E-state index in [1.165, 1.54) is 0 Å². The van der Waals surface area contributed by atoms with Gasteiger partial charge in [0.05, 0.1) is 23.2 Å². The monoisotopic (exact) mass is 308 g/mol. The van der Waals surface area contributed by atoms with E-state index in [2.05, 4.69) is 27.7 Å². The number of esters is 1. The first-order chi connectivity index (χ1) is 10.1. The smallest absolute Gasteiger partial charge is 0.312 e. The third kappa shape index (κ3) is 2.14. The van der Waals surface area contributed by atoms with Gasteiger partial charge in [0.15, 0.2) is 0 Å². The number of hydrogen-bond donors (Lipinski definition) is 0. The summed E-state index contributed by atoms with van der Waals surface area (Å²) in [5, 5.41) is 0. The van der Waals surface area contributed by atoms with Crippen LogP contribution in [0.1, 0.15) is 66.7 Å². The molecule has 2 saturated carbocycles. The van der Waals surface area contributed by atoms with Crippen LogP contribution in [0.4, 0.5) is 0 Å². The van der Waals surface area contributed by atoms with Gasteiger partial charge >= 0.3 is 5.97 Å². The number of epoxide rings is 2. The van der Waals surface area contributed by atoms with Crippen molar-refractivity contribution in [3.05, 3.63) is 0 Å². The summed E-state index contributed by atoms with van der Waals surface area (Å²) in [5.74, 6) is -0.0526. The van der Waals surface area contributed by atoms with E-state index >= 15 is 0 Å². The molecule has 2 aliphatic heterocycles. The lowest BCUT2D eigenvalue weighted by Gasteiger charge is -2.38. The van der Waals surface area contributed by atoms with Crippen molar-refractivity contribution in [1.82, 2.24) is 0 Å². The predicted molar refractivity (Wildman–Crippen MR) is 81.4 cm³/mol. The van der Waals surface area contributed by atoms with Gasteiger partial charge in [-0.25, -0.2) is 0 Å². The summed E-state index contributed by atoms with van der Waals surface area (Å²) in [6.07, 6.45) is 4.93. The van der Waals surface area contributed by atoms with Crippen LogP contribution < -0.4 is 0 Å². The van der Waals surface area contributed by atoms with Crippen molar-refractivity contribution in [2.45, 2.75) is 96.2 Å². The van der Waals surface area contributed by atoms with Crippen LogP contribution in [0.25, 0.3) is 0 Å². The molecule has 0 bridgehead atoms. The fourth-order valence-corrected chi connectivity index (χ4v) is 4.51. The summed E-state index contributed by atoms with van der Waals surface area (Å²) in [6, 6.07) is 0. The molecule has 0 spiro atoms. The third-order valence-electron chi connectivity index (χ3n) is 6.68. The number of ether oxygens (including phenoxy) is 3. The maximum absolute atomic E-state index is 12.8. The van der Waals surface area contributed by atoms with Crippen molar-refractivity contribution in [2.24, 2.45) is 10.8 Å². The molecule has 0 aromatic carbocycles. The summed E-state index contributed by atoms with van der Waals surface area (Å²) in [4.78, 5) is 12.8. The zero-order valence-electron chi connectivity index (χ0n) is 14.4. The van der Waals surface area contributed by atoms with Gasteiger partial charge in [0.25, 0.3) is 0 Å². The lowest BCUT2D eigenvalue weighted by molar-refractivity contribution is -0.168. The van der Waals surface area contributed by atoms with Crippen LogP contribution in [0.5, 0.6) is 0 Å². The van der Waals surface area contributed by atoms with Crippen LogP contribution in [0.2, 0.25) is 0 Å². The maximum atomic E-state index is 12.8. The molecule has 2 heterocycles. The maximum Gasteiger partial charge on any atom is 0.312 e. The topological polar surface area (TPSA) is 51.4 Å². The number of fused-ring (bicyclic) bond motifs is 2. The molecule has 22 heavy (non-hydrogen) atoms. The zero-order chi connectivity index (χ0) is 16.0. The Morgan fingerprint density at radius 3 is 2.36 bits per heavy atom. The van der Waals surface area contributed by atoms with E-state index in [4.69, 9.17) is 14.2 Å². The number of carbonyl (C=O) groups excluding carboxylic acids is 1. The van der Waals surface area contributed by atoms with Gasteiger partial charge in [0, 0.05) is 0 Å². The third-order valence-corrected chi connectivity index (χ3v) is 6.68. The Kier molecular flexibility index (Phi) is 2.77. The van der Waals surface area contributed by atoms with Gasteiger partial charge in [-0.1, -0.05) is 13.8 Å². The molecule has 6 atom stereocenters. The molecule has 6 unspecified atom stereocenters. The molecule has 4 rings (SSSR count). The molecule has 4 aliphatic rings. The van der Waals surface area contributed by atoms with Gasteiger partial charge in [0.2, 0.25) is 0 Å². The van der Waals surface area contributed by atoms with Crippen molar-refractivity contribution < 1.29 is 19.0 Å². The minimum Gasteiger partial charge on any atom is -0.459 e. The Bertz CT molecular complexity index is 529. The first-order valence-corrected chi connectivity index (χ1v) is 8.63. The summed E-state index contributed by atoms with van der Waals surface area (Å²) in [7, 11) is 0. The second kappa shape index (κ2) is 4.07. The second-order valence-electron chi connectivity index (χ2n) is 9.44. The summed E-state index contributed by atoms with van der Waals surface area (Å²) in [6.45, 7) is 10.8. The lowest BCUT2D eigenvalue weighted by Crippen LogP contribution is -2.46. The molecular formula is C18H28O4. The molecule has 4 nitrogen and oxygen atoms in total. The molecule has 0 aromatic rings. The highest BCUT2D eigenvalue weighted by atomic mass is 16.6. The van der Waals surface area contributed by atoms with E-state index in [9.17, 15) is 4.79 Å². The molecule has 124 valence electrons. The first-order valence-electron chi connectivity index (χ1n) is 8.63. The molecule has 2 aliphatic carbocycles. The van der Waals surface area contributed by atoms with Crippen molar-refractivity contribution in [1.29, 1.82) is 0 Å². The van der Waals surface area contributed by atoms with E-state index in [1.807, 2.05) is 6.92 Å². The van der Waals surface area contributed by atoms with E-state index in [-0.39, 0.29) is 40.9 Å². The van der Waals surface area contributed by atoms with Crippen molar-refractivity contribution in [3.8, 4) is 0 Å². The van der Waals surface area contributed by atoms with Crippen molar-refractivity contribution >= 4 is 5.97 Å². The van der Waals surface area contributed by atoms with Gasteiger partial charge < -0.3 is 14.2 Å². The molecule has 0 amide bonds. The van der Waals surface area contributed by atoms with Crippen molar-refractivity contribution in [2.75, 3.05) is 0 Å². The molecule has 4 heteroatoms. The van der Waals surface area contributed by atoms with Gasteiger partial charge in [-0.3, -0.25) is 4.79 Å². The van der Waals surface area contributed by atoms with Crippen LogP contribution >= 0.6 is 0 Å². The van der Waals surface area contributed by atoms with Gasteiger partial charge in [-0.2, -0.15) is 0 Å². The molecule has 0 aromatic heterocycles. The highest BCUT2D eigenvalue weighted by Crippen LogP contribution is 2.57. The van der Waals surface area contributed by atoms with Crippen LogP contribution in [0.3, 0.4) is 0 Å². The normalized spacial score (nSPS) is 54.9. The average molecular weight is 308 g/mol. The van der Waals surface area contributed by atoms with E-state index in [1.54, 1.807) is 0 Å². The SMILES string of the molecule is CC1(C)CC(OC(=O)C2(C)CCC3(C)OC3C2)C2(C)OC2C1. The Morgan fingerprint density at radius 1 is 0.955 bits per heavy atom. The largest absolute Gasteiger partial charge is 0.459 e. The molecule has 4 fully saturated rings. The Labute approximate surface area is 132 Å². The quantitative estimate of drug-likeness (QED) is 0.580. The predicted octanol–water partition coefficient (Wildman–Crippen LogP) is 3.22. The van der Waals surface area contributed by atoms with Crippen LogP contribution in [-0.4, -0.2) is 35.5 Å². The summed E-state index contributed by atoms with van der Waals surface area (Å²) < 4.78 is 17.6. The Hall–Kier alpha value is -0.610. The summed E-state index contributed by atoms with van der Waals surface area (Å²) in [5.41, 5.74) is -0.440. The highest BCUT2D eigenvalue weighted by Gasteiger charge is 2.66. The number of carbonyl (C=O) groups is 1. The highest BCUT2D eigenvalue weighted by molar-refractivity contribution is 5.77. The van der Waals surface area contributed by atoms with E-state index in [0.29, 0.717) is 0 Å². The zero-order valence-corrected chi connectivity index (χ0v) is 14.4. The molecule has 2 saturated heterocycles. The minimum atomic E-state index is -0.400. The van der Waals surface area contributed by atoms with Gasteiger partial charge in [-0.05, 0) is 58.3 Å². The Balaban J connectivity index is 1.45. The number of rotatable bonds is 2. The fraction of sp³-hybridized carbons (Fsp3) is 0.944. The standard InChI is InChI=1S/C18H28O4/c1-15(2)8-12(18(5)13(9-15)22-18)20-14(19)16(3)6-7-17(4)11(10-16)21-17/h11-13H,6-10H2,1-5H3. The van der Waals surface area contributed by atoms with Crippen LogP contribution in [0, 0.1) is 10.8 Å². The Morgan fingerprint density at radius 2 is 1.68 bits per heavy atom. The average Bonchev–Trinajstić information content (AvgIpc) is 3.24. The molecule has 0 radical (unpaired) electrons. The van der Waals surface area contributed by atoms with Gasteiger partial charge in [0.1, 0.15) is 11.7 Å².